The summed E-state index contributed by atoms with van der Waals surface area (Å²) in [5.74, 6) is 1.15. The van der Waals surface area contributed by atoms with Gasteiger partial charge in [-0.05, 0) is 24.8 Å². The Morgan fingerprint density at radius 3 is 2.84 bits per heavy atom. The van der Waals surface area contributed by atoms with Gasteiger partial charge < -0.3 is 15.0 Å². The third kappa shape index (κ3) is 5.85. The van der Waals surface area contributed by atoms with Crippen LogP contribution in [-0.2, 0) is 11.3 Å². The van der Waals surface area contributed by atoms with Crippen molar-refractivity contribution in [2.45, 2.75) is 13.5 Å². The molecule has 0 bridgehead atoms. The Hall–Kier alpha value is -0.710. The molecule has 0 radical (unpaired) electrons. The van der Waals surface area contributed by atoms with Crippen LogP contribution in [0.4, 0.5) is 5.69 Å². The zero-order valence-electron chi connectivity index (χ0n) is 12.5. The van der Waals surface area contributed by atoms with E-state index in [1.54, 1.807) is 7.11 Å². The van der Waals surface area contributed by atoms with Gasteiger partial charge in [0.25, 0.3) is 0 Å². The minimum atomic E-state index is 0.753. The third-order valence-corrected chi connectivity index (χ3v) is 3.67. The van der Waals surface area contributed by atoms with E-state index < -0.39 is 0 Å². The van der Waals surface area contributed by atoms with Crippen LogP contribution in [0.25, 0.3) is 0 Å². The van der Waals surface area contributed by atoms with E-state index in [1.165, 1.54) is 16.8 Å². The molecule has 0 atom stereocenters. The number of nitrogens with zero attached hydrogens (tertiary/aromatic N) is 1. The highest BCUT2D eigenvalue weighted by atomic mass is 32.2. The highest BCUT2D eigenvalue weighted by molar-refractivity contribution is 7.98. The molecule has 0 aliphatic rings. The van der Waals surface area contributed by atoms with Gasteiger partial charge in [-0.2, -0.15) is 11.8 Å². The van der Waals surface area contributed by atoms with Crippen molar-refractivity contribution >= 4 is 17.4 Å². The highest BCUT2D eigenvalue weighted by Gasteiger charge is 2.07. The molecule has 0 aliphatic heterocycles. The Labute approximate surface area is 121 Å². The van der Waals surface area contributed by atoms with Gasteiger partial charge in [0.2, 0.25) is 0 Å². The molecule has 0 aromatic heterocycles. The molecule has 0 spiro atoms. The summed E-state index contributed by atoms with van der Waals surface area (Å²) in [5, 5.41) is 3.42. The van der Waals surface area contributed by atoms with Crippen molar-refractivity contribution in [3.63, 3.8) is 0 Å². The van der Waals surface area contributed by atoms with Gasteiger partial charge >= 0.3 is 0 Å². The zero-order chi connectivity index (χ0) is 14.1. The molecule has 1 aromatic rings. The maximum Gasteiger partial charge on any atom is 0.0587 e. The normalized spacial score (nSPS) is 10.7. The minimum absolute atomic E-state index is 0.753. The number of aryl methyl sites for hydroxylation is 1. The lowest BCUT2D eigenvalue weighted by Crippen LogP contribution is -2.24. The van der Waals surface area contributed by atoms with Gasteiger partial charge in [0.05, 0.1) is 6.61 Å². The Kier molecular flexibility index (Phi) is 7.94. The lowest BCUT2D eigenvalue weighted by atomic mass is 10.1. The number of hydrogen-bond donors (Lipinski definition) is 1. The molecular formula is C15H26N2OS. The molecule has 0 unspecified atom stereocenters. The van der Waals surface area contributed by atoms with Crippen molar-refractivity contribution in [3.05, 3.63) is 29.3 Å². The van der Waals surface area contributed by atoms with Gasteiger partial charge in [0.1, 0.15) is 0 Å². The smallest absolute Gasteiger partial charge is 0.0587 e. The first-order valence-electron chi connectivity index (χ1n) is 6.68. The fraction of sp³-hybridized carbons (Fsp3) is 0.600. The predicted octanol–water partition coefficient (Wildman–Crippen LogP) is 2.53. The van der Waals surface area contributed by atoms with E-state index in [4.69, 9.17) is 4.74 Å². The van der Waals surface area contributed by atoms with Crippen molar-refractivity contribution in [3.8, 4) is 0 Å². The van der Waals surface area contributed by atoms with Crippen LogP contribution in [0.5, 0.6) is 0 Å². The summed E-state index contributed by atoms with van der Waals surface area (Å²) in [7, 11) is 3.90. The van der Waals surface area contributed by atoms with Crippen molar-refractivity contribution in [1.82, 2.24) is 5.32 Å². The maximum absolute atomic E-state index is 5.06. The molecule has 0 heterocycles. The number of nitrogens with one attached hydrogen (secondary N) is 1. The largest absolute Gasteiger partial charge is 0.383 e. The molecule has 4 heteroatoms. The van der Waals surface area contributed by atoms with E-state index in [-0.39, 0.29) is 0 Å². The topological polar surface area (TPSA) is 24.5 Å². The summed E-state index contributed by atoms with van der Waals surface area (Å²) in [6, 6.07) is 6.68. The lowest BCUT2D eigenvalue weighted by molar-refractivity contribution is 0.199. The van der Waals surface area contributed by atoms with Gasteiger partial charge in [0, 0.05) is 45.2 Å². The first-order chi connectivity index (χ1) is 9.19. The first-order valence-corrected chi connectivity index (χ1v) is 8.07. The average Bonchev–Trinajstić information content (AvgIpc) is 2.41. The molecule has 1 aromatic carbocycles. The Morgan fingerprint density at radius 2 is 2.16 bits per heavy atom. The van der Waals surface area contributed by atoms with Crippen LogP contribution < -0.4 is 10.2 Å². The number of thioether (sulfide) groups is 1. The summed E-state index contributed by atoms with van der Waals surface area (Å²) < 4.78 is 5.06. The molecular weight excluding hydrogens is 256 g/mol. The van der Waals surface area contributed by atoms with E-state index in [1.807, 2.05) is 11.8 Å². The molecule has 1 rings (SSSR count). The second kappa shape index (κ2) is 9.23. The molecule has 0 saturated heterocycles. The summed E-state index contributed by atoms with van der Waals surface area (Å²) in [6.45, 7) is 5.76. The van der Waals surface area contributed by atoms with Crippen molar-refractivity contribution in [2.75, 3.05) is 50.8 Å². The molecule has 108 valence electrons. The van der Waals surface area contributed by atoms with Gasteiger partial charge in [-0.25, -0.2) is 0 Å². The highest BCUT2D eigenvalue weighted by Crippen LogP contribution is 2.21. The van der Waals surface area contributed by atoms with Crippen LogP contribution in [0.15, 0.2) is 18.2 Å². The summed E-state index contributed by atoms with van der Waals surface area (Å²) in [5.41, 5.74) is 4.00. The zero-order valence-corrected chi connectivity index (χ0v) is 13.3. The van der Waals surface area contributed by atoms with Gasteiger partial charge in [-0.1, -0.05) is 17.7 Å². The number of methoxy groups -OCH3 is 1. The molecule has 0 aliphatic carbocycles. The van der Waals surface area contributed by atoms with E-state index in [9.17, 15) is 0 Å². The second-order valence-electron chi connectivity index (χ2n) is 4.72. The van der Waals surface area contributed by atoms with Crippen LogP contribution in [0.1, 0.15) is 11.1 Å². The Balaban J connectivity index is 2.67. The minimum Gasteiger partial charge on any atom is -0.383 e. The van der Waals surface area contributed by atoms with Gasteiger partial charge in [-0.15, -0.1) is 0 Å². The van der Waals surface area contributed by atoms with Crippen LogP contribution in [0, 0.1) is 6.92 Å². The number of benzene rings is 1. The number of anilines is 1. The number of hydrogen-bond acceptors (Lipinski definition) is 4. The van der Waals surface area contributed by atoms with Crippen molar-refractivity contribution < 1.29 is 4.74 Å². The SMILES string of the molecule is COCCNCc1cc(C)ccc1N(C)CCSC. The van der Waals surface area contributed by atoms with Crippen LogP contribution >= 0.6 is 11.8 Å². The fourth-order valence-electron chi connectivity index (χ4n) is 1.97. The van der Waals surface area contributed by atoms with E-state index in [0.717, 1.165) is 32.0 Å². The fourth-order valence-corrected chi connectivity index (χ4v) is 2.43. The molecule has 19 heavy (non-hydrogen) atoms. The first kappa shape index (κ1) is 16.3. The van der Waals surface area contributed by atoms with E-state index in [2.05, 4.69) is 48.6 Å². The van der Waals surface area contributed by atoms with Gasteiger partial charge in [0.15, 0.2) is 0 Å². The molecule has 0 saturated carbocycles. The summed E-state index contributed by atoms with van der Waals surface area (Å²) in [4.78, 5) is 2.34. The monoisotopic (exact) mass is 282 g/mol. The molecule has 0 fully saturated rings. The lowest BCUT2D eigenvalue weighted by Gasteiger charge is -2.23. The number of rotatable bonds is 9. The summed E-state index contributed by atoms with van der Waals surface area (Å²) >= 11 is 1.88. The second-order valence-corrected chi connectivity index (χ2v) is 5.70. The quantitative estimate of drug-likeness (QED) is 0.704. The standard InChI is InChI=1S/C15H26N2OS/c1-13-5-6-15(17(2)8-10-19-4)14(11-13)12-16-7-9-18-3/h5-6,11,16H,7-10,12H2,1-4H3. The van der Waals surface area contributed by atoms with E-state index >= 15 is 0 Å². The molecule has 3 nitrogen and oxygen atoms in total. The average molecular weight is 282 g/mol. The van der Waals surface area contributed by atoms with Crippen molar-refractivity contribution in [2.24, 2.45) is 0 Å². The van der Waals surface area contributed by atoms with Crippen LogP contribution in [-0.4, -0.2) is 45.9 Å². The van der Waals surface area contributed by atoms with Crippen LogP contribution in [0.2, 0.25) is 0 Å². The van der Waals surface area contributed by atoms with E-state index in [0.29, 0.717) is 0 Å². The Morgan fingerprint density at radius 1 is 1.37 bits per heavy atom. The van der Waals surface area contributed by atoms with Gasteiger partial charge in [-0.3, -0.25) is 0 Å². The maximum atomic E-state index is 5.06. The summed E-state index contributed by atoms with van der Waals surface area (Å²) in [6.07, 6.45) is 2.15. The molecule has 0 amide bonds. The predicted molar refractivity (Wildman–Crippen MR) is 86.4 cm³/mol. The number of ether oxygens (including phenoxy) is 1. The third-order valence-electron chi connectivity index (χ3n) is 3.08. The van der Waals surface area contributed by atoms with Crippen LogP contribution in [0.3, 0.4) is 0 Å². The Bertz CT molecular complexity index is 371. The van der Waals surface area contributed by atoms with Crippen molar-refractivity contribution in [1.29, 1.82) is 0 Å². The molecule has 1 N–H and O–H groups in total.